The van der Waals surface area contributed by atoms with Crippen molar-refractivity contribution >= 4 is 5.91 Å². The lowest BCUT2D eigenvalue weighted by atomic mass is 9.80. The highest BCUT2D eigenvalue weighted by atomic mass is 16.5. The fraction of sp³-hybridized carbons (Fsp3) is 0.800. The van der Waals surface area contributed by atoms with Gasteiger partial charge in [-0.05, 0) is 18.8 Å². The van der Waals surface area contributed by atoms with Crippen molar-refractivity contribution in [1.29, 1.82) is 0 Å². The van der Waals surface area contributed by atoms with Gasteiger partial charge in [0.2, 0.25) is 11.8 Å². The maximum absolute atomic E-state index is 12.0. The van der Waals surface area contributed by atoms with E-state index >= 15 is 0 Å². The molecule has 0 bridgehead atoms. The van der Waals surface area contributed by atoms with Gasteiger partial charge in [0.1, 0.15) is 12.7 Å². The van der Waals surface area contributed by atoms with Gasteiger partial charge in [0.25, 0.3) is 5.91 Å². The molecule has 1 aromatic rings. The highest BCUT2D eigenvalue weighted by molar-refractivity contribution is 5.82. The van der Waals surface area contributed by atoms with Gasteiger partial charge in [-0.3, -0.25) is 4.79 Å². The summed E-state index contributed by atoms with van der Waals surface area (Å²) in [7, 11) is 0. The standard InChI is InChI=1S/C15H23N3O4/c1-9(2)14-17-16-12(22-14)8-21-11-6-18(7-11)15(20)13(19)10-4-3-5-10/h9-11,13,19H,3-8H2,1-2H3. The summed E-state index contributed by atoms with van der Waals surface area (Å²) in [6, 6.07) is 0. The van der Waals surface area contributed by atoms with E-state index in [9.17, 15) is 9.90 Å². The van der Waals surface area contributed by atoms with E-state index in [1.54, 1.807) is 4.90 Å². The molecule has 7 nitrogen and oxygen atoms in total. The molecule has 1 aliphatic carbocycles. The largest absolute Gasteiger partial charge is 0.422 e. The Morgan fingerprint density at radius 2 is 2.14 bits per heavy atom. The second-order valence-electron chi connectivity index (χ2n) is 6.50. The summed E-state index contributed by atoms with van der Waals surface area (Å²) in [6.07, 6.45) is 2.17. The molecular formula is C15H23N3O4. The zero-order valence-corrected chi connectivity index (χ0v) is 13.1. The summed E-state index contributed by atoms with van der Waals surface area (Å²) >= 11 is 0. The monoisotopic (exact) mass is 309 g/mol. The predicted octanol–water partition coefficient (Wildman–Crippen LogP) is 1.08. The Hall–Kier alpha value is -1.47. The fourth-order valence-electron chi connectivity index (χ4n) is 2.62. The zero-order chi connectivity index (χ0) is 15.7. The summed E-state index contributed by atoms with van der Waals surface area (Å²) < 4.78 is 11.1. The van der Waals surface area contributed by atoms with Crippen molar-refractivity contribution in [3.63, 3.8) is 0 Å². The molecular weight excluding hydrogens is 286 g/mol. The van der Waals surface area contributed by atoms with Crippen molar-refractivity contribution in [3.05, 3.63) is 11.8 Å². The van der Waals surface area contributed by atoms with Gasteiger partial charge in [-0.25, -0.2) is 0 Å². The summed E-state index contributed by atoms with van der Waals surface area (Å²) in [5.74, 6) is 1.26. The van der Waals surface area contributed by atoms with Gasteiger partial charge in [0.05, 0.1) is 6.10 Å². The van der Waals surface area contributed by atoms with Crippen molar-refractivity contribution < 1.29 is 19.1 Å². The Morgan fingerprint density at radius 1 is 1.41 bits per heavy atom. The fourth-order valence-corrected chi connectivity index (χ4v) is 2.62. The smallest absolute Gasteiger partial charge is 0.251 e. The van der Waals surface area contributed by atoms with Gasteiger partial charge in [-0.2, -0.15) is 0 Å². The zero-order valence-electron chi connectivity index (χ0n) is 13.1. The van der Waals surface area contributed by atoms with E-state index in [1.807, 2.05) is 13.8 Å². The summed E-state index contributed by atoms with van der Waals surface area (Å²) in [4.78, 5) is 13.7. The minimum atomic E-state index is -0.834. The quantitative estimate of drug-likeness (QED) is 0.846. The first-order valence-electron chi connectivity index (χ1n) is 7.95. The van der Waals surface area contributed by atoms with Crippen LogP contribution in [0.1, 0.15) is 50.8 Å². The number of amides is 1. The number of aliphatic hydroxyl groups is 1. The molecule has 1 amide bonds. The van der Waals surface area contributed by atoms with E-state index in [0.29, 0.717) is 24.9 Å². The van der Waals surface area contributed by atoms with Crippen molar-refractivity contribution in [3.8, 4) is 0 Å². The average molecular weight is 309 g/mol. The first-order valence-corrected chi connectivity index (χ1v) is 7.95. The van der Waals surface area contributed by atoms with Crippen LogP contribution in [0, 0.1) is 5.92 Å². The van der Waals surface area contributed by atoms with Crippen LogP contribution in [0.4, 0.5) is 0 Å². The van der Waals surface area contributed by atoms with Gasteiger partial charge in [-0.1, -0.05) is 20.3 Å². The molecule has 1 aliphatic heterocycles. The lowest BCUT2D eigenvalue weighted by Crippen LogP contribution is -2.58. The van der Waals surface area contributed by atoms with E-state index in [-0.39, 0.29) is 30.5 Å². The Kier molecular flexibility index (Phi) is 4.44. The topological polar surface area (TPSA) is 88.7 Å². The van der Waals surface area contributed by atoms with Gasteiger partial charge in [-0.15, -0.1) is 10.2 Å². The van der Waals surface area contributed by atoms with Crippen molar-refractivity contribution in [2.24, 2.45) is 5.92 Å². The molecule has 2 fully saturated rings. The number of carbonyl (C=O) groups excluding carboxylic acids is 1. The predicted molar refractivity (Wildman–Crippen MR) is 76.9 cm³/mol. The number of hydrogen-bond donors (Lipinski definition) is 1. The van der Waals surface area contributed by atoms with Crippen LogP contribution < -0.4 is 0 Å². The number of likely N-dealkylation sites (tertiary alicyclic amines) is 1. The van der Waals surface area contributed by atoms with Crippen molar-refractivity contribution in [2.75, 3.05) is 13.1 Å². The maximum atomic E-state index is 12.0. The van der Waals surface area contributed by atoms with Gasteiger partial charge in [0, 0.05) is 19.0 Å². The van der Waals surface area contributed by atoms with E-state index in [2.05, 4.69) is 10.2 Å². The lowest BCUT2D eigenvalue weighted by Gasteiger charge is -2.41. The Morgan fingerprint density at radius 3 is 2.68 bits per heavy atom. The Bertz CT molecular complexity index is 521. The van der Waals surface area contributed by atoms with Crippen LogP contribution in [-0.4, -0.2) is 51.4 Å². The van der Waals surface area contributed by atoms with Gasteiger partial charge < -0.3 is 19.2 Å². The molecule has 3 rings (SSSR count). The number of aromatic nitrogens is 2. The molecule has 0 spiro atoms. The summed E-state index contributed by atoms with van der Waals surface area (Å²) in [5.41, 5.74) is 0. The minimum Gasteiger partial charge on any atom is -0.422 e. The highest BCUT2D eigenvalue weighted by Crippen LogP contribution is 2.31. The first-order chi connectivity index (χ1) is 10.5. The Labute approximate surface area is 129 Å². The molecule has 1 unspecified atom stereocenters. The lowest BCUT2D eigenvalue weighted by molar-refractivity contribution is -0.159. The van der Waals surface area contributed by atoms with Crippen LogP contribution in [0.5, 0.6) is 0 Å². The summed E-state index contributed by atoms with van der Waals surface area (Å²) in [6.45, 7) is 5.28. The molecule has 2 aliphatic rings. The molecule has 2 heterocycles. The molecule has 1 atom stereocenters. The van der Waals surface area contributed by atoms with Crippen LogP contribution in [0.25, 0.3) is 0 Å². The molecule has 1 saturated heterocycles. The molecule has 0 radical (unpaired) electrons. The minimum absolute atomic E-state index is 0.0214. The van der Waals surface area contributed by atoms with E-state index in [0.717, 1.165) is 19.3 Å². The number of ether oxygens (including phenoxy) is 1. The molecule has 1 N–H and O–H groups in total. The number of nitrogens with zero attached hydrogens (tertiary/aromatic N) is 3. The number of rotatable bonds is 6. The number of hydrogen-bond acceptors (Lipinski definition) is 6. The first kappa shape index (κ1) is 15.4. The van der Waals surface area contributed by atoms with Crippen LogP contribution in [-0.2, 0) is 16.1 Å². The van der Waals surface area contributed by atoms with Crippen LogP contribution in [0.2, 0.25) is 0 Å². The third-order valence-electron chi connectivity index (χ3n) is 4.43. The molecule has 122 valence electrons. The summed E-state index contributed by atoms with van der Waals surface area (Å²) in [5, 5.41) is 17.8. The molecule has 1 aromatic heterocycles. The number of carbonyl (C=O) groups is 1. The van der Waals surface area contributed by atoms with Crippen LogP contribution in [0.3, 0.4) is 0 Å². The third-order valence-corrected chi connectivity index (χ3v) is 4.43. The third kappa shape index (κ3) is 3.15. The average Bonchev–Trinajstić information content (AvgIpc) is 2.83. The van der Waals surface area contributed by atoms with Crippen molar-refractivity contribution in [1.82, 2.24) is 15.1 Å². The maximum Gasteiger partial charge on any atom is 0.251 e. The van der Waals surface area contributed by atoms with E-state index < -0.39 is 6.10 Å². The van der Waals surface area contributed by atoms with Crippen molar-refractivity contribution in [2.45, 2.75) is 57.8 Å². The number of aliphatic hydroxyl groups excluding tert-OH is 1. The normalized spacial score (nSPS) is 20.8. The van der Waals surface area contributed by atoms with Crippen LogP contribution >= 0.6 is 0 Å². The van der Waals surface area contributed by atoms with Crippen LogP contribution in [0.15, 0.2) is 4.42 Å². The van der Waals surface area contributed by atoms with Gasteiger partial charge in [0.15, 0.2) is 0 Å². The second kappa shape index (κ2) is 6.34. The Balaban J connectivity index is 1.38. The second-order valence-corrected chi connectivity index (χ2v) is 6.50. The molecule has 7 heteroatoms. The molecule has 1 saturated carbocycles. The highest BCUT2D eigenvalue weighted by Gasteiger charge is 2.39. The van der Waals surface area contributed by atoms with E-state index in [4.69, 9.17) is 9.15 Å². The van der Waals surface area contributed by atoms with E-state index in [1.165, 1.54) is 0 Å². The molecule has 22 heavy (non-hydrogen) atoms. The van der Waals surface area contributed by atoms with Gasteiger partial charge >= 0.3 is 0 Å². The molecule has 0 aromatic carbocycles. The SMILES string of the molecule is CC(C)c1nnc(COC2CN(C(=O)C(O)C3CCC3)C2)o1.